The second-order valence-electron chi connectivity index (χ2n) is 8.19. The number of hydrogen-bond donors (Lipinski definition) is 1. The van der Waals surface area contributed by atoms with Gasteiger partial charge in [-0.05, 0) is 48.6 Å². The number of hydrogen-bond acceptors (Lipinski definition) is 6. The second-order valence-corrected chi connectivity index (χ2v) is 8.19. The molecule has 4 heterocycles. The van der Waals surface area contributed by atoms with Gasteiger partial charge in [0.15, 0.2) is 0 Å². The van der Waals surface area contributed by atoms with Gasteiger partial charge in [-0.3, -0.25) is 4.79 Å². The predicted octanol–water partition coefficient (Wildman–Crippen LogP) is 3.45. The fourth-order valence-electron chi connectivity index (χ4n) is 4.06. The third kappa shape index (κ3) is 3.43. The monoisotopic (exact) mass is 414 g/mol. The third-order valence-corrected chi connectivity index (χ3v) is 6.07. The lowest BCUT2D eigenvalue weighted by Crippen LogP contribution is -2.49. The Kier molecular flexibility index (Phi) is 4.22. The number of H-pyrrole nitrogens is 1. The van der Waals surface area contributed by atoms with Crippen LogP contribution in [0.1, 0.15) is 35.0 Å². The Morgan fingerprint density at radius 2 is 1.94 bits per heavy atom. The Morgan fingerprint density at radius 3 is 2.71 bits per heavy atom. The first-order valence-electron chi connectivity index (χ1n) is 10.7. The van der Waals surface area contributed by atoms with Crippen LogP contribution < -0.4 is 4.90 Å². The number of aromatic amines is 1. The van der Waals surface area contributed by atoms with Crippen molar-refractivity contribution in [1.29, 1.82) is 0 Å². The van der Waals surface area contributed by atoms with Crippen LogP contribution in [0.5, 0.6) is 0 Å². The molecule has 1 amide bonds. The second kappa shape index (κ2) is 7.23. The highest BCUT2D eigenvalue weighted by atomic mass is 16.5. The Bertz CT molecular complexity index is 1230. The number of aromatic nitrogens is 4. The van der Waals surface area contributed by atoms with Gasteiger partial charge in [0.2, 0.25) is 11.7 Å². The maximum atomic E-state index is 12.9. The van der Waals surface area contributed by atoms with Crippen molar-refractivity contribution in [2.45, 2.75) is 18.8 Å². The molecule has 8 heteroatoms. The number of carbonyl (C=O) groups is 1. The first kappa shape index (κ1) is 18.1. The SMILES string of the molecule is O=C(c1ccc2cc[nH]c2c1)N1CCN(c2ccc(-c3noc(C4CC4)n3)cn2)CC1. The molecule has 1 aliphatic carbocycles. The van der Waals surface area contributed by atoms with E-state index >= 15 is 0 Å². The quantitative estimate of drug-likeness (QED) is 0.550. The van der Waals surface area contributed by atoms with Crippen molar-refractivity contribution in [1.82, 2.24) is 25.0 Å². The van der Waals surface area contributed by atoms with Crippen molar-refractivity contribution in [2.75, 3.05) is 31.1 Å². The predicted molar refractivity (Wildman–Crippen MR) is 116 cm³/mol. The van der Waals surface area contributed by atoms with E-state index in [0.29, 0.717) is 24.8 Å². The first-order valence-corrected chi connectivity index (χ1v) is 10.7. The Morgan fingerprint density at radius 1 is 1.06 bits per heavy atom. The van der Waals surface area contributed by atoms with E-state index in [1.54, 1.807) is 6.20 Å². The zero-order valence-electron chi connectivity index (χ0n) is 17.0. The highest BCUT2D eigenvalue weighted by molar-refractivity contribution is 5.98. The number of carbonyl (C=O) groups excluding carboxylic acids is 1. The molecule has 0 spiro atoms. The molecule has 1 saturated carbocycles. The summed E-state index contributed by atoms with van der Waals surface area (Å²) in [6, 6.07) is 11.8. The van der Waals surface area contributed by atoms with E-state index in [0.717, 1.165) is 59.7 Å². The van der Waals surface area contributed by atoms with Crippen LogP contribution in [0.25, 0.3) is 22.3 Å². The molecule has 2 fully saturated rings. The Balaban J connectivity index is 1.10. The highest BCUT2D eigenvalue weighted by Crippen LogP contribution is 2.39. The standard InChI is InChI=1S/C23H22N6O2/c30-23(17-4-1-15-7-8-24-19(15)13-17)29-11-9-28(10-12-29)20-6-5-18(14-25-20)21-26-22(31-27-21)16-2-3-16/h1,4-8,13-14,16,24H,2-3,9-12H2. The molecule has 0 bridgehead atoms. The summed E-state index contributed by atoms with van der Waals surface area (Å²) in [6.07, 6.45) is 5.95. The summed E-state index contributed by atoms with van der Waals surface area (Å²) in [7, 11) is 0. The van der Waals surface area contributed by atoms with Crippen molar-refractivity contribution in [3.05, 3.63) is 60.2 Å². The van der Waals surface area contributed by atoms with Crippen LogP contribution in [-0.4, -0.2) is 57.1 Å². The molecule has 1 N–H and O–H groups in total. The third-order valence-electron chi connectivity index (χ3n) is 6.07. The molecule has 0 atom stereocenters. The van der Waals surface area contributed by atoms with Gasteiger partial charge in [-0.1, -0.05) is 11.2 Å². The number of fused-ring (bicyclic) bond motifs is 1. The molecular formula is C23H22N6O2. The number of amides is 1. The largest absolute Gasteiger partial charge is 0.361 e. The van der Waals surface area contributed by atoms with Crippen LogP contribution in [-0.2, 0) is 0 Å². The molecule has 8 nitrogen and oxygen atoms in total. The number of nitrogens with one attached hydrogen (secondary N) is 1. The smallest absolute Gasteiger partial charge is 0.254 e. The molecule has 0 radical (unpaired) electrons. The fourth-order valence-corrected chi connectivity index (χ4v) is 4.06. The molecular weight excluding hydrogens is 392 g/mol. The summed E-state index contributed by atoms with van der Waals surface area (Å²) in [6.45, 7) is 2.83. The van der Waals surface area contributed by atoms with Crippen molar-refractivity contribution in [2.24, 2.45) is 0 Å². The van der Waals surface area contributed by atoms with Crippen molar-refractivity contribution in [3.8, 4) is 11.4 Å². The lowest BCUT2D eigenvalue weighted by molar-refractivity contribution is 0.0746. The molecule has 1 aliphatic heterocycles. The van der Waals surface area contributed by atoms with Gasteiger partial charge < -0.3 is 19.3 Å². The van der Waals surface area contributed by atoms with Gasteiger partial charge in [0.25, 0.3) is 5.91 Å². The lowest BCUT2D eigenvalue weighted by Gasteiger charge is -2.35. The van der Waals surface area contributed by atoms with Gasteiger partial charge in [0.05, 0.1) is 0 Å². The fraction of sp³-hybridized carbons (Fsp3) is 0.304. The average Bonchev–Trinajstić information content (AvgIpc) is 3.36. The molecule has 3 aromatic heterocycles. The van der Waals surface area contributed by atoms with Crippen molar-refractivity contribution >= 4 is 22.6 Å². The number of nitrogens with zero attached hydrogens (tertiary/aromatic N) is 5. The van der Waals surface area contributed by atoms with Crippen molar-refractivity contribution < 1.29 is 9.32 Å². The number of anilines is 1. The highest BCUT2D eigenvalue weighted by Gasteiger charge is 2.30. The van der Waals surface area contributed by atoms with Gasteiger partial charge in [0.1, 0.15) is 5.82 Å². The van der Waals surface area contributed by atoms with Gasteiger partial charge in [0, 0.05) is 61.1 Å². The maximum Gasteiger partial charge on any atom is 0.254 e. The summed E-state index contributed by atoms with van der Waals surface area (Å²) in [5.41, 5.74) is 2.56. The topological polar surface area (TPSA) is 91.2 Å². The minimum absolute atomic E-state index is 0.0723. The van der Waals surface area contributed by atoms with Gasteiger partial charge in [-0.25, -0.2) is 4.98 Å². The number of rotatable bonds is 4. The zero-order valence-corrected chi connectivity index (χ0v) is 17.0. The van der Waals surface area contributed by atoms with Gasteiger partial charge in [-0.15, -0.1) is 0 Å². The van der Waals surface area contributed by atoms with E-state index in [2.05, 4.69) is 25.0 Å². The summed E-state index contributed by atoms with van der Waals surface area (Å²) < 4.78 is 5.34. The first-order chi connectivity index (χ1) is 15.2. The normalized spacial score (nSPS) is 16.8. The van der Waals surface area contributed by atoms with E-state index in [4.69, 9.17) is 4.52 Å². The molecule has 2 aliphatic rings. The molecule has 31 heavy (non-hydrogen) atoms. The van der Waals surface area contributed by atoms with E-state index in [1.165, 1.54) is 0 Å². The molecule has 1 saturated heterocycles. The van der Waals surface area contributed by atoms with Crippen LogP contribution in [0.4, 0.5) is 5.82 Å². The summed E-state index contributed by atoms with van der Waals surface area (Å²) in [5.74, 6) is 2.74. The van der Waals surface area contributed by atoms with E-state index in [9.17, 15) is 4.79 Å². The maximum absolute atomic E-state index is 12.9. The van der Waals surface area contributed by atoms with Crippen LogP contribution in [0.3, 0.4) is 0 Å². The van der Waals surface area contributed by atoms with E-state index in [-0.39, 0.29) is 5.91 Å². The average molecular weight is 414 g/mol. The number of pyridine rings is 1. The van der Waals surface area contributed by atoms with Crippen molar-refractivity contribution in [3.63, 3.8) is 0 Å². The van der Waals surface area contributed by atoms with E-state index in [1.807, 2.05) is 47.5 Å². The molecule has 0 unspecified atom stereocenters. The van der Waals surface area contributed by atoms with Crippen LogP contribution in [0, 0.1) is 0 Å². The van der Waals surface area contributed by atoms with Crippen LogP contribution in [0.2, 0.25) is 0 Å². The molecule has 4 aromatic rings. The zero-order chi connectivity index (χ0) is 20.8. The summed E-state index contributed by atoms with van der Waals surface area (Å²) in [4.78, 5) is 29.3. The van der Waals surface area contributed by atoms with Crippen LogP contribution in [0.15, 0.2) is 53.3 Å². The molecule has 156 valence electrons. The Labute approximate surface area is 178 Å². The van der Waals surface area contributed by atoms with Gasteiger partial charge in [-0.2, -0.15) is 4.98 Å². The minimum Gasteiger partial charge on any atom is -0.361 e. The van der Waals surface area contributed by atoms with Crippen LogP contribution >= 0.6 is 0 Å². The molecule has 1 aromatic carbocycles. The Hall–Kier alpha value is -3.68. The summed E-state index contributed by atoms with van der Waals surface area (Å²) >= 11 is 0. The minimum atomic E-state index is 0.0723. The van der Waals surface area contributed by atoms with E-state index < -0.39 is 0 Å². The summed E-state index contributed by atoms with van der Waals surface area (Å²) in [5, 5.41) is 5.19. The number of benzene rings is 1. The number of piperazine rings is 1. The molecule has 6 rings (SSSR count). The van der Waals surface area contributed by atoms with Gasteiger partial charge >= 0.3 is 0 Å². The lowest BCUT2D eigenvalue weighted by atomic mass is 10.1.